The third-order valence-corrected chi connectivity index (χ3v) is 2.75. The molecule has 0 aliphatic heterocycles. The minimum atomic E-state index is -1.44. The molecule has 0 radical (unpaired) electrons. The predicted molar refractivity (Wildman–Crippen MR) is 64.0 cm³/mol. The lowest BCUT2D eigenvalue weighted by molar-refractivity contribution is 0.386. The van der Waals surface area contributed by atoms with Gasteiger partial charge in [0.15, 0.2) is 0 Å². The van der Waals surface area contributed by atoms with Crippen LogP contribution in [-0.2, 0) is 0 Å². The molecule has 1 aromatic carbocycles. The van der Waals surface area contributed by atoms with Crippen molar-refractivity contribution >= 4 is 11.6 Å². The molecule has 0 saturated heterocycles. The summed E-state index contributed by atoms with van der Waals surface area (Å²) in [6, 6.07) is 4.76. The predicted octanol–water partition coefficient (Wildman–Crippen LogP) is 1.33. The van der Waals surface area contributed by atoms with E-state index in [-0.39, 0.29) is 10.7 Å². The quantitative estimate of drug-likeness (QED) is 0.821. The van der Waals surface area contributed by atoms with Crippen molar-refractivity contribution < 1.29 is 9.50 Å². The molecule has 94 valence electrons. The van der Waals surface area contributed by atoms with E-state index in [1.54, 1.807) is 24.0 Å². The number of hydrogen-bond acceptors (Lipinski definition) is 3. The number of aromatic amines is 1. The van der Waals surface area contributed by atoms with Crippen LogP contribution in [0.1, 0.15) is 5.56 Å². The van der Waals surface area contributed by atoms with Crippen LogP contribution in [0, 0.1) is 12.7 Å². The third-order valence-electron chi connectivity index (χ3n) is 2.44. The molecule has 2 rings (SSSR count). The van der Waals surface area contributed by atoms with E-state index in [2.05, 4.69) is 0 Å². The lowest BCUT2D eigenvalue weighted by Gasteiger charge is -2.12. The second-order valence-corrected chi connectivity index (χ2v) is 4.04. The highest BCUT2D eigenvalue weighted by Gasteiger charge is 2.18. The van der Waals surface area contributed by atoms with Gasteiger partial charge in [-0.3, -0.25) is 9.78 Å². The summed E-state index contributed by atoms with van der Waals surface area (Å²) < 4.78 is 13.9. The Bertz CT molecular complexity index is 716. The van der Waals surface area contributed by atoms with Crippen LogP contribution < -0.4 is 11.2 Å². The Morgan fingerprint density at radius 2 is 2.06 bits per heavy atom. The molecule has 0 aliphatic carbocycles. The van der Waals surface area contributed by atoms with E-state index in [1.165, 1.54) is 6.07 Å². The number of benzene rings is 1. The second-order valence-electron chi connectivity index (χ2n) is 3.64. The summed E-state index contributed by atoms with van der Waals surface area (Å²) >= 11 is 5.91. The standard InChI is InChI=1S/C11H8ClFN2O3/c1-5-3-2-4-6(12)8(5)15-10(17)7(13)9(16)14-11(15)18/h2-4,17H,1H3,(H,14,16,18). The number of aryl methyl sites for hydroxylation is 1. The molecular formula is C11H8ClFN2O3. The number of halogens is 2. The van der Waals surface area contributed by atoms with Gasteiger partial charge in [-0.2, -0.15) is 4.39 Å². The molecule has 0 unspecified atom stereocenters. The molecule has 0 aliphatic rings. The molecule has 5 nitrogen and oxygen atoms in total. The lowest BCUT2D eigenvalue weighted by atomic mass is 10.2. The molecule has 0 bridgehead atoms. The van der Waals surface area contributed by atoms with Gasteiger partial charge in [0.25, 0.3) is 5.56 Å². The molecule has 0 spiro atoms. The van der Waals surface area contributed by atoms with Crippen molar-refractivity contribution in [3.63, 3.8) is 0 Å². The SMILES string of the molecule is Cc1cccc(Cl)c1-n1c(O)c(F)c(=O)[nH]c1=O. The Morgan fingerprint density at radius 3 is 2.67 bits per heavy atom. The Hall–Kier alpha value is -2.08. The van der Waals surface area contributed by atoms with E-state index in [9.17, 15) is 19.1 Å². The van der Waals surface area contributed by atoms with Crippen molar-refractivity contribution in [2.45, 2.75) is 6.92 Å². The largest absolute Gasteiger partial charge is 0.492 e. The maximum absolute atomic E-state index is 13.3. The number of H-pyrrole nitrogens is 1. The lowest BCUT2D eigenvalue weighted by Crippen LogP contribution is -2.31. The summed E-state index contributed by atoms with van der Waals surface area (Å²) in [5.74, 6) is -2.51. The summed E-state index contributed by atoms with van der Waals surface area (Å²) in [4.78, 5) is 24.4. The van der Waals surface area contributed by atoms with Crippen molar-refractivity contribution in [3.05, 3.63) is 55.4 Å². The number of rotatable bonds is 1. The zero-order valence-corrected chi connectivity index (χ0v) is 9.95. The number of aromatic hydroxyl groups is 1. The molecule has 2 aromatic rings. The minimum absolute atomic E-state index is 0.122. The van der Waals surface area contributed by atoms with Crippen molar-refractivity contribution in [1.82, 2.24) is 9.55 Å². The van der Waals surface area contributed by atoms with Gasteiger partial charge in [0.05, 0.1) is 10.7 Å². The molecule has 2 N–H and O–H groups in total. The van der Waals surface area contributed by atoms with E-state index < -0.39 is 22.9 Å². The average molecular weight is 271 g/mol. The Kier molecular flexibility index (Phi) is 2.96. The van der Waals surface area contributed by atoms with Crippen molar-refractivity contribution in [2.24, 2.45) is 0 Å². The van der Waals surface area contributed by atoms with Gasteiger partial charge in [-0.05, 0) is 18.6 Å². The number of nitrogens with one attached hydrogen (secondary N) is 1. The summed E-state index contributed by atoms with van der Waals surface area (Å²) in [6.07, 6.45) is 0. The molecule has 0 fully saturated rings. The van der Waals surface area contributed by atoms with E-state index in [4.69, 9.17) is 11.6 Å². The first-order valence-electron chi connectivity index (χ1n) is 4.92. The zero-order valence-electron chi connectivity index (χ0n) is 9.20. The normalized spacial score (nSPS) is 10.6. The van der Waals surface area contributed by atoms with Crippen molar-refractivity contribution in [1.29, 1.82) is 0 Å². The van der Waals surface area contributed by atoms with E-state index in [1.807, 2.05) is 0 Å². The van der Waals surface area contributed by atoms with Crippen molar-refractivity contribution in [3.8, 4) is 11.6 Å². The number of aromatic nitrogens is 2. The van der Waals surface area contributed by atoms with Crippen molar-refractivity contribution in [2.75, 3.05) is 0 Å². The molecular weight excluding hydrogens is 263 g/mol. The van der Waals surface area contributed by atoms with Gasteiger partial charge in [0.2, 0.25) is 11.7 Å². The molecule has 0 atom stereocenters. The van der Waals surface area contributed by atoms with Gasteiger partial charge < -0.3 is 5.11 Å². The van der Waals surface area contributed by atoms with E-state index >= 15 is 0 Å². The highest BCUT2D eigenvalue weighted by Crippen LogP contribution is 2.26. The van der Waals surface area contributed by atoms with E-state index in [0.29, 0.717) is 10.1 Å². The van der Waals surface area contributed by atoms with Crippen LogP contribution >= 0.6 is 11.6 Å². The average Bonchev–Trinajstić information content (AvgIpc) is 2.30. The molecule has 18 heavy (non-hydrogen) atoms. The maximum atomic E-state index is 13.3. The topological polar surface area (TPSA) is 75.1 Å². The molecule has 0 saturated carbocycles. The van der Waals surface area contributed by atoms with Gasteiger partial charge in [-0.1, -0.05) is 23.7 Å². The Morgan fingerprint density at radius 1 is 1.39 bits per heavy atom. The summed E-state index contributed by atoms with van der Waals surface area (Å²) in [5, 5.41) is 9.72. The molecule has 7 heteroatoms. The van der Waals surface area contributed by atoms with Crippen LogP contribution in [0.15, 0.2) is 27.8 Å². The van der Waals surface area contributed by atoms with Gasteiger partial charge in [0, 0.05) is 0 Å². The highest BCUT2D eigenvalue weighted by molar-refractivity contribution is 6.32. The fourth-order valence-electron chi connectivity index (χ4n) is 1.62. The second kappa shape index (κ2) is 4.30. The summed E-state index contributed by atoms with van der Waals surface area (Å²) in [7, 11) is 0. The fraction of sp³-hybridized carbons (Fsp3) is 0.0909. The van der Waals surface area contributed by atoms with Crippen LogP contribution in [0.5, 0.6) is 5.88 Å². The van der Waals surface area contributed by atoms with Gasteiger partial charge in [-0.25, -0.2) is 9.36 Å². The van der Waals surface area contributed by atoms with Gasteiger partial charge in [-0.15, -0.1) is 0 Å². The minimum Gasteiger partial charge on any atom is -0.492 e. The van der Waals surface area contributed by atoms with Gasteiger partial charge >= 0.3 is 5.69 Å². The van der Waals surface area contributed by atoms with Crippen LogP contribution in [0.3, 0.4) is 0 Å². The first kappa shape index (κ1) is 12.4. The maximum Gasteiger partial charge on any atom is 0.336 e. The molecule has 1 aromatic heterocycles. The molecule has 1 heterocycles. The van der Waals surface area contributed by atoms with E-state index in [0.717, 1.165) is 0 Å². The number of nitrogens with zero attached hydrogens (tertiary/aromatic N) is 1. The van der Waals surface area contributed by atoms with Crippen LogP contribution in [0.25, 0.3) is 5.69 Å². The van der Waals surface area contributed by atoms with Gasteiger partial charge in [0.1, 0.15) is 0 Å². The Balaban J connectivity index is 2.93. The first-order valence-corrected chi connectivity index (χ1v) is 5.30. The fourth-order valence-corrected chi connectivity index (χ4v) is 1.92. The highest BCUT2D eigenvalue weighted by atomic mass is 35.5. The van der Waals surface area contributed by atoms with Crippen LogP contribution in [-0.4, -0.2) is 14.7 Å². The zero-order chi connectivity index (χ0) is 13.4. The number of para-hydroxylation sites is 1. The molecule has 0 amide bonds. The van der Waals surface area contributed by atoms with Crippen LogP contribution in [0.2, 0.25) is 5.02 Å². The Labute approximate surface area is 105 Å². The first-order chi connectivity index (χ1) is 8.43. The monoisotopic (exact) mass is 270 g/mol. The third kappa shape index (κ3) is 1.80. The smallest absolute Gasteiger partial charge is 0.336 e. The summed E-state index contributed by atoms with van der Waals surface area (Å²) in [5.41, 5.74) is -1.57. The summed E-state index contributed by atoms with van der Waals surface area (Å²) in [6.45, 7) is 1.64. The number of hydrogen-bond donors (Lipinski definition) is 2. The van der Waals surface area contributed by atoms with Crippen LogP contribution in [0.4, 0.5) is 4.39 Å².